The molecule has 2 rings (SSSR count). The number of aromatic carboxylic acids is 1. The molecule has 1 saturated carbocycles. The Labute approximate surface area is 100 Å². The van der Waals surface area contributed by atoms with Gasteiger partial charge in [-0.3, -0.25) is 0 Å². The lowest BCUT2D eigenvalue weighted by atomic mass is 10.2. The van der Waals surface area contributed by atoms with E-state index in [-0.39, 0.29) is 5.56 Å². The van der Waals surface area contributed by atoms with E-state index in [4.69, 9.17) is 14.6 Å². The van der Waals surface area contributed by atoms with Crippen molar-refractivity contribution in [3.63, 3.8) is 0 Å². The number of benzene rings is 1. The number of carboxylic acids is 1. The third-order valence-corrected chi connectivity index (χ3v) is 2.67. The summed E-state index contributed by atoms with van der Waals surface area (Å²) >= 11 is 0. The number of hydrogen-bond donors (Lipinski definition) is 1. The Balaban J connectivity index is 2.15. The normalized spacial score (nSPS) is 14.4. The Hall–Kier alpha value is -1.71. The Morgan fingerprint density at radius 3 is 2.76 bits per heavy atom. The Morgan fingerprint density at radius 2 is 2.18 bits per heavy atom. The maximum absolute atomic E-state index is 11.0. The average molecular weight is 236 g/mol. The molecule has 1 aromatic carbocycles. The average Bonchev–Trinajstić information content (AvgIpc) is 3.10. The van der Waals surface area contributed by atoms with Gasteiger partial charge in [-0.25, -0.2) is 4.79 Å². The number of rotatable bonds is 6. The van der Waals surface area contributed by atoms with E-state index in [9.17, 15) is 4.79 Å². The first-order chi connectivity index (χ1) is 8.20. The quantitative estimate of drug-likeness (QED) is 0.824. The molecule has 1 fully saturated rings. The lowest BCUT2D eigenvalue weighted by Crippen LogP contribution is -2.06. The van der Waals surface area contributed by atoms with Gasteiger partial charge in [0.1, 0.15) is 17.1 Å². The fourth-order valence-electron chi connectivity index (χ4n) is 1.55. The summed E-state index contributed by atoms with van der Waals surface area (Å²) in [6, 6.07) is 4.82. The van der Waals surface area contributed by atoms with Crippen LogP contribution in [0.25, 0.3) is 0 Å². The van der Waals surface area contributed by atoms with Crippen LogP contribution < -0.4 is 9.47 Å². The third kappa shape index (κ3) is 3.12. The van der Waals surface area contributed by atoms with Crippen molar-refractivity contribution in [2.24, 2.45) is 5.92 Å². The molecule has 0 spiro atoms. The maximum Gasteiger partial charge on any atom is 0.339 e. The van der Waals surface area contributed by atoms with Crippen LogP contribution in [0.15, 0.2) is 18.2 Å². The molecule has 0 bridgehead atoms. The van der Waals surface area contributed by atoms with Crippen molar-refractivity contribution in [1.82, 2.24) is 0 Å². The number of hydrogen-bond acceptors (Lipinski definition) is 3. The minimum Gasteiger partial charge on any atom is -0.494 e. The second-order valence-corrected chi connectivity index (χ2v) is 4.15. The highest BCUT2D eigenvalue weighted by atomic mass is 16.5. The number of ether oxygens (including phenoxy) is 2. The van der Waals surface area contributed by atoms with Crippen molar-refractivity contribution in [3.8, 4) is 11.5 Å². The van der Waals surface area contributed by atoms with Gasteiger partial charge < -0.3 is 14.6 Å². The molecule has 1 N–H and O–H groups in total. The summed E-state index contributed by atoms with van der Waals surface area (Å²) in [5.74, 6) is 0.657. The van der Waals surface area contributed by atoms with Crippen LogP contribution in [-0.4, -0.2) is 24.3 Å². The zero-order chi connectivity index (χ0) is 12.3. The Bertz CT molecular complexity index is 410. The summed E-state index contributed by atoms with van der Waals surface area (Å²) in [6.07, 6.45) is 2.35. The summed E-state index contributed by atoms with van der Waals surface area (Å²) in [4.78, 5) is 11.0. The van der Waals surface area contributed by atoms with E-state index >= 15 is 0 Å². The van der Waals surface area contributed by atoms with Gasteiger partial charge in [0.25, 0.3) is 0 Å². The first-order valence-electron chi connectivity index (χ1n) is 5.83. The van der Waals surface area contributed by atoms with Gasteiger partial charge in [0.05, 0.1) is 13.2 Å². The summed E-state index contributed by atoms with van der Waals surface area (Å²) in [6.45, 7) is 3.03. The second-order valence-electron chi connectivity index (χ2n) is 4.15. The standard InChI is InChI=1S/C13H16O4/c1-2-16-10-5-6-11(13(14)15)12(7-10)17-8-9-3-4-9/h5-7,9H,2-4,8H2,1H3,(H,14,15). The molecule has 0 radical (unpaired) electrons. The summed E-state index contributed by atoms with van der Waals surface area (Å²) < 4.78 is 10.9. The molecule has 0 aromatic heterocycles. The monoisotopic (exact) mass is 236 g/mol. The van der Waals surface area contributed by atoms with Crippen LogP contribution in [0.1, 0.15) is 30.1 Å². The first kappa shape index (κ1) is 11.8. The molecule has 92 valence electrons. The molecule has 4 heteroatoms. The van der Waals surface area contributed by atoms with Crippen LogP contribution in [0.5, 0.6) is 11.5 Å². The van der Waals surface area contributed by atoms with Crippen LogP contribution in [0.4, 0.5) is 0 Å². The Kier molecular flexibility index (Phi) is 3.52. The van der Waals surface area contributed by atoms with Crippen molar-refractivity contribution in [2.45, 2.75) is 19.8 Å². The zero-order valence-corrected chi connectivity index (χ0v) is 9.81. The molecule has 0 heterocycles. The van der Waals surface area contributed by atoms with Crippen molar-refractivity contribution >= 4 is 5.97 Å². The number of carboxylic acid groups (broad SMARTS) is 1. The van der Waals surface area contributed by atoms with Gasteiger partial charge in [0.15, 0.2) is 0 Å². The first-order valence-corrected chi connectivity index (χ1v) is 5.83. The summed E-state index contributed by atoms with van der Waals surface area (Å²) in [5, 5.41) is 9.05. The largest absolute Gasteiger partial charge is 0.494 e. The highest BCUT2D eigenvalue weighted by molar-refractivity contribution is 5.91. The van der Waals surface area contributed by atoms with Gasteiger partial charge in [-0.05, 0) is 37.8 Å². The molecule has 0 unspecified atom stereocenters. The second kappa shape index (κ2) is 5.08. The van der Waals surface area contributed by atoms with Crippen LogP contribution in [0, 0.1) is 5.92 Å². The van der Waals surface area contributed by atoms with Crippen molar-refractivity contribution in [3.05, 3.63) is 23.8 Å². The SMILES string of the molecule is CCOc1ccc(C(=O)O)c(OCC2CC2)c1. The molecule has 0 aliphatic heterocycles. The van der Waals surface area contributed by atoms with Crippen LogP contribution in [0.2, 0.25) is 0 Å². The molecule has 1 aliphatic rings. The fraction of sp³-hybridized carbons (Fsp3) is 0.462. The van der Waals surface area contributed by atoms with Gasteiger partial charge in [-0.2, -0.15) is 0 Å². The topological polar surface area (TPSA) is 55.8 Å². The predicted molar refractivity (Wildman–Crippen MR) is 62.8 cm³/mol. The van der Waals surface area contributed by atoms with Gasteiger partial charge in [0, 0.05) is 6.07 Å². The van der Waals surface area contributed by atoms with E-state index in [1.807, 2.05) is 6.92 Å². The maximum atomic E-state index is 11.0. The van der Waals surface area contributed by atoms with Gasteiger partial charge in [0.2, 0.25) is 0 Å². The fourth-order valence-corrected chi connectivity index (χ4v) is 1.55. The highest BCUT2D eigenvalue weighted by Gasteiger charge is 2.23. The summed E-state index contributed by atoms with van der Waals surface area (Å²) in [5.41, 5.74) is 0.189. The van der Waals surface area contributed by atoms with Crippen molar-refractivity contribution < 1.29 is 19.4 Å². The summed E-state index contributed by atoms with van der Waals surface area (Å²) in [7, 11) is 0. The van der Waals surface area contributed by atoms with Crippen LogP contribution in [-0.2, 0) is 0 Å². The molecule has 0 atom stereocenters. The molecular formula is C13H16O4. The van der Waals surface area contributed by atoms with Gasteiger partial charge in [-0.15, -0.1) is 0 Å². The predicted octanol–water partition coefficient (Wildman–Crippen LogP) is 2.57. The van der Waals surface area contributed by atoms with E-state index in [0.717, 1.165) is 0 Å². The number of carbonyl (C=O) groups is 1. The van der Waals surface area contributed by atoms with Crippen LogP contribution in [0.3, 0.4) is 0 Å². The molecule has 17 heavy (non-hydrogen) atoms. The minimum absolute atomic E-state index is 0.189. The van der Waals surface area contributed by atoms with Gasteiger partial charge in [-0.1, -0.05) is 0 Å². The molecule has 1 aliphatic carbocycles. The smallest absolute Gasteiger partial charge is 0.339 e. The minimum atomic E-state index is -0.973. The van der Waals surface area contributed by atoms with Crippen LogP contribution >= 0.6 is 0 Å². The third-order valence-electron chi connectivity index (χ3n) is 2.67. The lowest BCUT2D eigenvalue weighted by molar-refractivity contribution is 0.0692. The lowest BCUT2D eigenvalue weighted by Gasteiger charge is -2.11. The van der Waals surface area contributed by atoms with Gasteiger partial charge >= 0.3 is 5.97 Å². The van der Waals surface area contributed by atoms with E-state index in [2.05, 4.69) is 0 Å². The van der Waals surface area contributed by atoms with Crippen molar-refractivity contribution in [1.29, 1.82) is 0 Å². The van der Waals surface area contributed by atoms with E-state index < -0.39 is 5.97 Å². The molecule has 1 aromatic rings. The molecular weight excluding hydrogens is 220 g/mol. The molecule has 4 nitrogen and oxygen atoms in total. The van der Waals surface area contributed by atoms with Crippen molar-refractivity contribution in [2.75, 3.05) is 13.2 Å². The van der Waals surface area contributed by atoms with E-state index in [1.165, 1.54) is 18.9 Å². The van der Waals surface area contributed by atoms with E-state index in [0.29, 0.717) is 30.6 Å². The zero-order valence-electron chi connectivity index (χ0n) is 9.81. The Morgan fingerprint density at radius 1 is 1.41 bits per heavy atom. The molecule has 0 saturated heterocycles. The van der Waals surface area contributed by atoms with E-state index in [1.54, 1.807) is 12.1 Å². The highest BCUT2D eigenvalue weighted by Crippen LogP contribution is 2.31. The molecule has 0 amide bonds.